The van der Waals surface area contributed by atoms with Crippen molar-refractivity contribution in [1.82, 2.24) is 4.90 Å². The molecule has 1 aromatic carbocycles. The molecule has 0 amide bonds. The summed E-state index contributed by atoms with van der Waals surface area (Å²) in [5.41, 5.74) is 4.80. The van der Waals surface area contributed by atoms with E-state index in [4.69, 9.17) is 23.2 Å². The molecule has 0 atom stereocenters. The molecule has 0 saturated carbocycles. The number of anilines is 1. The number of aliphatic imine (C=N–C) groups is 1. The Morgan fingerprint density at radius 3 is 2.81 bits per heavy atom. The minimum atomic E-state index is 0.579. The summed E-state index contributed by atoms with van der Waals surface area (Å²) in [6, 6.07) is 5.71. The maximum Gasteiger partial charge on any atom is 0.0989 e. The van der Waals surface area contributed by atoms with Crippen LogP contribution in [0.4, 0.5) is 5.69 Å². The fraction of sp³-hybridized carbons (Fsp3) is 0.188. The first-order valence-corrected chi connectivity index (χ1v) is 7.59. The normalized spacial score (nSPS) is 19.8. The molecule has 0 bridgehead atoms. The predicted molar refractivity (Wildman–Crippen MR) is 87.9 cm³/mol. The Bertz CT molecular complexity index is 731. The number of rotatable bonds is 1. The van der Waals surface area contributed by atoms with Crippen molar-refractivity contribution in [3.05, 3.63) is 63.6 Å². The van der Waals surface area contributed by atoms with Crippen LogP contribution in [-0.4, -0.2) is 24.3 Å². The lowest BCUT2D eigenvalue weighted by atomic mass is 9.99. The number of nitrogens with zero attached hydrogens (tertiary/aromatic N) is 3. The highest BCUT2D eigenvalue weighted by Crippen LogP contribution is 2.34. The van der Waals surface area contributed by atoms with Crippen LogP contribution in [-0.2, 0) is 0 Å². The van der Waals surface area contributed by atoms with Crippen molar-refractivity contribution < 1.29 is 0 Å². The Morgan fingerprint density at radius 1 is 1.05 bits per heavy atom. The van der Waals surface area contributed by atoms with Crippen LogP contribution in [0, 0.1) is 0 Å². The summed E-state index contributed by atoms with van der Waals surface area (Å²) in [7, 11) is 0. The zero-order valence-corrected chi connectivity index (χ0v) is 12.8. The minimum absolute atomic E-state index is 0.579. The smallest absolute Gasteiger partial charge is 0.0989 e. The third-order valence-electron chi connectivity index (χ3n) is 3.89. The topological polar surface area (TPSA) is 18.8 Å². The summed E-state index contributed by atoms with van der Waals surface area (Å²) in [6.45, 7) is 1.67. The monoisotopic (exact) mass is 317 g/mol. The maximum absolute atomic E-state index is 6.11. The first-order chi connectivity index (χ1) is 10.2. The number of hydrogen-bond donors (Lipinski definition) is 0. The van der Waals surface area contributed by atoms with Crippen molar-refractivity contribution in [3.8, 4) is 0 Å². The highest BCUT2D eigenvalue weighted by atomic mass is 35.5. The summed E-state index contributed by atoms with van der Waals surface area (Å²) in [5, 5.41) is 1.16. The third-order valence-corrected chi connectivity index (χ3v) is 4.62. The van der Waals surface area contributed by atoms with Crippen LogP contribution in [0.3, 0.4) is 0 Å². The van der Waals surface area contributed by atoms with Gasteiger partial charge in [0.05, 0.1) is 22.4 Å². The molecule has 0 unspecified atom stereocenters. The average molecular weight is 318 g/mol. The Kier molecular flexibility index (Phi) is 3.05. The van der Waals surface area contributed by atoms with Gasteiger partial charge in [0, 0.05) is 30.8 Å². The fourth-order valence-corrected chi connectivity index (χ4v) is 3.06. The largest absolute Gasteiger partial charge is 0.328 e. The summed E-state index contributed by atoms with van der Waals surface area (Å²) in [4.78, 5) is 8.77. The predicted octanol–water partition coefficient (Wildman–Crippen LogP) is 4.21. The highest BCUT2D eigenvalue weighted by molar-refractivity contribution is 6.42. The van der Waals surface area contributed by atoms with E-state index in [0.29, 0.717) is 10.0 Å². The van der Waals surface area contributed by atoms with Gasteiger partial charge >= 0.3 is 0 Å². The van der Waals surface area contributed by atoms with Crippen molar-refractivity contribution >= 4 is 35.1 Å². The maximum atomic E-state index is 6.11. The second kappa shape index (κ2) is 4.93. The summed E-state index contributed by atoms with van der Waals surface area (Å²) in [5.74, 6) is 0. The van der Waals surface area contributed by atoms with Crippen LogP contribution in [0.15, 0.2) is 58.5 Å². The molecule has 3 heterocycles. The second-order valence-electron chi connectivity index (χ2n) is 5.27. The van der Waals surface area contributed by atoms with Crippen LogP contribution in [0.1, 0.15) is 6.42 Å². The fourth-order valence-electron chi connectivity index (χ4n) is 2.77. The van der Waals surface area contributed by atoms with E-state index in [0.717, 1.165) is 25.3 Å². The van der Waals surface area contributed by atoms with Gasteiger partial charge in [-0.15, -0.1) is 0 Å². The molecule has 3 aliphatic rings. The number of halogens is 2. The lowest BCUT2D eigenvalue weighted by Gasteiger charge is -2.26. The minimum Gasteiger partial charge on any atom is -0.328 e. The SMILES string of the molecule is Clc1ccc(N2C=C3C=C4C=NCCC4=CN3C2)cc1Cl. The molecule has 106 valence electrons. The second-order valence-corrected chi connectivity index (χ2v) is 6.09. The molecule has 0 saturated heterocycles. The Balaban J connectivity index is 1.67. The number of allylic oxidation sites excluding steroid dienone is 2. The van der Waals surface area contributed by atoms with Crippen molar-refractivity contribution in [3.63, 3.8) is 0 Å². The van der Waals surface area contributed by atoms with Gasteiger partial charge in [0.25, 0.3) is 0 Å². The van der Waals surface area contributed by atoms with Gasteiger partial charge in [-0.1, -0.05) is 23.2 Å². The molecule has 0 radical (unpaired) electrons. The van der Waals surface area contributed by atoms with Gasteiger partial charge in [0.15, 0.2) is 0 Å². The molecular weight excluding hydrogens is 305 g/mol. The van der Waals surface area contributed by atoms with Crippen molar-refractivity contribution in [2.45, 2.75) is 6.42 Å². The van der Waals surface area contributed by atoms with E-state index in [-0.39, 0.29) is 0 Å². The lowest BCUT2D eigenvalue weighted by Crippen LogP contribution is -2.25. The van der Waals surface area contributed by atoms with Gasteiger partial charge in [-0.3, -0.25) is 4.99 Å². The van der Waals surface area contributed by atoms with Gasteiger partial charge in [-0.25, -0.2) is 0 Å². The Hall–Kier alpha value is -1.71. The first kappa shape index (κ1) is 13.0. The Morgan fingerprint density at radius 2 is 1.95 bits per heavy atom. The molecule has 3 nitrogen and oxygen atoms in total. The van der Waals surface area contributed by atoms with Gasteiger partial charge in [-0.05, 0) is 41.8 Å². The average Bonchev–Trinajstić information content (AvgIpc) is 2.90. The number of hydrogen-bond acceptors (Lipinski definition) is 3. The van der Waals surface area contributed by atoms with Crippen LogP contribution in [0.2, 0.25) is 10.0 Å². The molecule has 0 fully saturated rings. The quantitative estimate of drug-likeness (QED) is 0.772. The third kappa shape index (κ3) is 2.27. The molecule has 5 heteroatoms. The molecule has 4 rings (SSSR count). The van der Waals surface area contributed by atoms with Crippen LogP contribution < -0.4 is 4.90 Å². The summed E-state index contributed by atoms with van der Waals surface area (Å²) >= 11 is 12.1. The molecule has 1 aromatic rings. The van der Waals surface area contributed by atoms with Gasteiger partial charge in [-0.2, -0.15) is 0 Å². The van der Waals surface area contributed by atoms with Gasteiger partial charge in [0.2, 0.25) is 0 Å². The van der Waals surface area contributed by atoms with Gasteiger partial charge in [0.1, 0.15) is 0 Å². The zero-order valence-electron chi connectivity index (χ0n) is 11.3. The van der Waals surface area contributed by atoms with Crippen LogP contribution >= 0.6 is 23.2 Å². The van der Waals surface area contributed by atoms with E-state index >= 15 is 0 Å². The van der Waals surface area contributed by atoms with E-state index in [1.165, 1.54) is 16.8 Å². The molecule has 21 heavy (non-hydrogen) atoms. The number of benzene rings is 1. The van der Waals surface area contributed by atoms with Crippen LogP contribution in [0.5, 0.6) is 0 Å². The van der Waals surface area contributed by atoms with Crippen molar-refractivity contribution in [2.75, 3.05) is 18.1 Å². The van der Waals surface area contributed by atoms with E-state index in [1.54, 1.807) is 0 Å². The summed E-state index contributed by atoms with van der Waals surface area (Å²) in [6.07, 6.45) is 9.52. The van der Waals surface area contributed by atoms with Crippen LogP contribution in [0.25, 0.3) is 0 Å². The van der Waals surface area contributed by atoms with E-state index in [2.05, 4.69) is 33.3 Å². The van der Waals surface area contributed by atoms with E-state index in [9.17, 15) is 0 Å². The lowest BCUT2D eigenvalue weighted by molar-refractivity contribution is 0.511. The van der Waals surface area contributed by atoms with E-state index in [1.807, 2.05) is 24.4 Å². The first-order valence-electron chi connectivity index (χ1n) is 6.83. The standard InChI is InChI=1S/C16H13Cl2N3/c17-15-2-1-13(6-16(15)18)21-9-14-5-12-7-19-4-3-11(12)8-20(14)10-21/h1-2,5-9H,3-4,10H2. The zero-order chi connectivity index (χ0) is 14.4. The molecule has 3 aliphatic heterocycles. The van der Waals surface area contributed by atoms with E-state index < -0.39 is 0 Å². The van der Waals surface area contributed by atoms with Crippen molar-refractivity contribution in [2.24, 2.45) is 4.99 Å². The molecule has 0 aromatic heterocycles. The number of fused-ring (bicyclic) bond motifs is 2. The molecule has 0 spiro atoms. The highest BCUT2D eigenvalue weighted by Gasteiger charge is 2.25. The van der Waals surface area contributed by atoms with Crippen molar-refractivity contribution in [1.29, 1.82) is 0 Å². The Labute approximate surface area is 133 Å². The molecule has 0 N–H and O–H groups in total. The molecular formula is C16H13Cl2N3. The molecule has 0 aliphatic carbocycles. The van der Waals surface area contributed by atoms with Gasteiger partial charge < -0.3 is 9.80 Å². The summed E-state index contributed by atoms with van der Waals surface area (Å²) < 4.78 is 0.